The molecule has 1 aliphatic rings. The Morgan fingerprint density at radius 1 is 0.927 bits per heavy atom. The van der Waals surface area contributed by atoms with Crippen LogP contribution in [-0.4, -0.2) is 98.8 Å². The van der Waals surface area contributed by atoms with Gasteiger partial charge in [-0.3, -0.25) is 4.79 Å². The van der Waals surface area contributed by atoms with E-state index in [0.717, 1.165) is 52.1 Å². The molecule has 2 heterocycles. The van der Waals surface area contributed by atoms with Crippen LogP contribution in [0.4, 0.5) is 4.79 Å². The fourth-order valence-electron chi connectivity index (χ4n) is 6.00. The topological polar surface area (TPSA) is 91.7 Å². The highest BCUT2D eigenvalue weighted by Gasteiger charge is 2.52. The molecule has 0 spiro atoms. The Balaban J connectivity index is 1.60. The molecule has 0 bridgehead atoms. The minimum Gasteiger partial charge on any atom is -0.492 e. The van der Waals surface area contributed by atoms with Crippen molar-refractivity contribution in [1.29, 1.82) is 0 Å². The molecule has 10 nitrogen and oxygen atoms in total. The summed E-state index contributed by atoms with van der Waals surface area (Å²) in [5, 5.41) is 1.13. The van der Waals surface area contributed by atoms with E-state index in [1.807, 2.05) is 32.9 Å². The number of benzene rings is 2. The quantitative estimate of drug-likeness (QED) is 0.0815. The van der Waals surface area contributed by atoms with Gasteiger partial charge in [0.15, 0.2) is 0 Å². The Kier molecular flexibility index (Phi) is 14.3. The summed E-state index contributed by atoms with van der Waals surface area (Å²) in [5.41, 5.74) is 3.70. The summed E-state index contributed by atoms with van der Waals surface area (Å²) < 4.78 is 33.3. The Morgan fingerprint density at radius 2 is 1.56 bits per heavy atom. The highest BCUT2D eigenvalue weighted by atomic mass is 28.3. The highest BCUT2D eigenvalue weighted by molar-refractivity contribution is 6.76. The van der Waals surface area contributed by atoms with Crippen molar-refractivity contribution in [1.82, 2.24) is 14.4 Å². The summed E-state index contributed by atoms with van der Waals surface area (Å²) in [6.45, 7) is 25.0. The van der Waals surface area contributed by atoms with Gasteiger partial charge in [0, 0.05) is 53.0 Å². The van der Waals surface area contributed by atoms with E-state index < -0.39 is 38.1 Å². The lowest BCUT2D eigenvalue weighted by Crippen LogP contribution is -2.41. The standard InChI is InChI=1S/C43H64BN3O7Si/c1-14-36(44-53-42(5,6)43(7,8)54-44)39(34-19-22-37-33(30-34)23-25-47(37)31-50-28-29-55(11,12)13)32-17-20-35(21-18-32)51-27-26-46(40(49)52-41(2,3)4)24-15-16-38(48)45(9)10/h15-23,25,30H,14,24,26-29,31H2,1-13H3/b16-15+,39-36+. The van der Waals surface area contributed by atoms with Crippen molar-refractivity contribution < 1.29 is 33.1 Å². The molecular weight excluding hydrogens is 709 g/mol. The number of amides is 2. The van der Waals surface area contributed by atoms with E-state index in [2.05, 4.69) is 101 Å². The molecule has 55 heavy (non-hydrogen) atoms. The van der Waals surface area contributed by atoms with Gasteiger partial charge in [-0.25, -0.2) is 4.79 Å². The second-order valence-electron chi connectivity index (χ2n) is 17.7. The molecule has 2 amide bonds. The third-order valence-corrected chi connectivity index (χ3v) is 11.7. The van der Waals surface area contributed by atoms with Crippen LogP contribution in [0.2, 0.25) is 25.7 Å². The largest absolute Gasteiger partial charge is 0.492 e. The van der Waals surface area contributed by atoms with E-state index >= 15 is 0 Å². The molecule has 0 N–H and O–H groups in total. The number of fused-ring (bicyclic) bond motifs is 1. The van der Waals surface area contributed by atoms with Crippen LogP contribution in [0, 0.1) is 0 Å². The van der Waals surface area contributed by atoms with Gasteiger partial charge in [0.1, 0.15) is 24.7 Å². The monoisotopic (exact) mass is 773 g/mol. The van der Waals surface area contributed by atoms with Gasteiger partial charge in [-0.05, 0) is 113 Å². The first-order valence-electron chi connectivity index (χ1n) is 19.5. The molecule has 1 aromatic heterocycles. The molecular formula is C43H64BN3O7Si. The summed E-state index contributed by atoms with van der Waals surface area (Å²) in [5.74, 6) is 0.510. The molecule has 0 atom stereocenters. The summed E-state index contributed by atoms with van der Waals surface area (Å²) in [7, 11) is 1.68. The molecule has 0 saturated carbocycles. The molecule has 1 aliphatic heterocycles. The normalized spacial score (nSPS) is 16.1. The zero-order chi connectivity index (χ0) is 40.8. The number of rotatable bonds is 16. The third-order valence-electron chi connectivity index (χ3n) is 9.98. The number of likely N-dealkylation sites (N-methyl/N-ethyl adjacent to an activating group) is 1. The molecule has 4 rings (SSSR count). The van der Waals surface area contributed by atoms with Crippen molar-refractivity contribution in [3.8, 4) is 5.75 Å². The van der Waals surface area contributed by atoms with Gasteiger partial charge < -0.3 is 37.9 Å². The summed E-state index contributed by atoms with van der Waals surface area (Å²) in [4.78, 5) is 28.1. The number of allylic oxidation sites excluding steroid dienone is 1. The maximum absolute atomic E-state index is 13.0. The van der Waals surface area contributed by atoms with Gasteiger partial charge in [-0.2, -0.15) is 0 Å². The second-order valence-corrected chi connectivity index (χ2v) is 23.3. The van der Waals surface area contributed by atoms with Crippen LogP contribution in [0.5, 0.6) is 5.75 Å². The summed E-state index contributed by atoms with van der Waals surface area (Å²) in [6, 6.07) is 17.9. The number of nitrogens with zero attached hydrogens (tertiary/aromatic N) is 3. The maximum atomic E-state index is 13.0. The van der Waals surface area contributed by atoms with Crippen LogP contribution in [0.1, 0.15) is 72.9 Å². The van der Waals surface area contributed by atoms with E-state index in [9.17, 15) is 9.59 Å². The molecule has 3 aromatic rings. The number of carbonyl (C=O) groups excluding carboxylic acids is 2. The summed E-state index contributed by atoms with van der Waals surface area (Å²) >= 11 is 0. The predicted octanol–water partition coefficient (Wildman–Crippen LogP) is 9.06. The van der Waals surface area contributed by atoms with Crippen molar-refractivity contribution >= 4 is 43.7 Å². The first kappa shape index (κ1) is 43.9. The van der Waals surface area contributed by atoms with Crippen molar-refractivity contribution in [2.45, 2.75) is 111 Å². The number of ether oxygens (including phenoxy) is 3. The molecule has 12 heteroatoms. The first-order chi connectivity index (χ1) is 25.6. The number of hydrogen-bond donors (Lipinski definition) is 0. The van der Waals surface area contributed by atoms with Gasteiger partial charge in [0.05, 0.1) is 23.3 Å². The smallest absolute Gasteiger partial charge is 0.491 e. The van der Waals surface area contributed by atoms with Gasteiger partial charge in [-0.1, -0.05) is 50.8 Å². The Hall–Kier alpha value is -3.84. The first-order valence-corrected chi connectivity index (χ1v) is 23.2. The zero-order valence-electron chi connectivity index (χ0n) is 35.6. The van der Waals surface area contributed by atoms with E-state index in [1.165, 1.54) is 15.9 Å². The van der Waals surface area contributed by atoms with Crippen LogP contribution in [-0.2, 0) is 30.3 Å². The van der Waals surface area contributed by atoms with Crippen LogP contribution in [0.25, 0.3) is 16.5 Å². The number of aromatic nitrogens is 1. The van der Waals surface area contributed by atoms with E-state index in [-0.39, 0.29) is 25.6 Å². The minimum absolute atomic E-state index is 0.158. The van der Waals surface area contributed by atoms with E-state index in [0.29, 0.717) is 12.5 Å². The fourth-order valence-corrected chi connectivity index (χ4v) is 6.76. The minimum atomic E-state index is -1.17. The Labute approximate surface area is 330 Å². The number of hydrogen-bond acceptors (Lipinski definition) is 7. The SMILES string of the molecule is CC/C(B1OC(C)(C)C(C)(C)O1)=C(/c1ccc(OCCN(C/C=C/C(=O)N(C)C)C(=O)OC(C)(C)C)cc1)c1ccc2c(ccn2COCC[Si](C)(C)C)c1. The third kappa shape index (κ3) is 12.1. The predicted molar refractivity (Wildman–Crippen MR) is 226 cm³/mol. The van der Waals surface area contributed by atoms with Crippen LogP contribution < -0.4 is 4.74 Å². The van der Waals surface area contributed by atoms with Crippen LogP contribution >= 0.6 is 0 Å². The molecule has 0 radical (unpaired) electrons. The van der Waals surface area contributed by atoms with Crippen molar-refractivity contribution in [2.75, 3.05) is 40.4 Å². The molecule has 0 unspecified atom stereocenters. The van der Waals surface area contributed by atoms with Gasteiger partial charge >= 0.3 is 13.2 Å². The Bertz CT molecular complexity index is 1820. The molecule has 300 valence electrons. The molecule has 2 aromatic carbocycles. The average Bonchev–Trinajstić information content (AvgIpc) is 3.58. The van der Waals surface area contributed by atoms with Crippen LogP contribution in [0.3, 0.4) is 0 Å². The van der Waals surface area contributed by atoms with Crippen molar-refractivity contribution in [3.05, 3.63) is 83.5 Å². The van der Waals surface area contributed by atoms with Crippen molar-refractivity contribution in [3.63, 3.8) is 0 Å². The lowest BCUT2D eigenvalue weighted by atomic mass is 9.70. The zero-order valence-corrected chi connectivity index (χ0v) is 36.6. The van der Waals surface area contributed by atoms with Gasteiger partial charge in [-0.15, -0.1) is 0 Å². The second kappa shape index (κ2) is 18.0. The maximum Gasteiger partial charge on any atom is 0.491 e. The van der Waals surface area contributed by atoms with Crippen molar-refractivity contribution in [2.24, 2.45) is 0 Å². The van der Waals surface area contributed by atoms with Gasteiger partial charge in [0.2, 0.25) is 5.91 Å². The van der Waals surface area contributed by atoms with Crippen LogP contribution in [0.15, 0.2) is 72.4 Å². The molecule has 0 aliphatic carbocycles. The molecule has 1 fully saturated rings. The lowest BCUT2D eigenvalue weighted by Gasteiger charge is -2.32. The fraction of sp³-hybridized carbons (Fsp3) is 0.535. The Morgan fingerprint density at radius 3 is 2.15 bits per heavy atom. The van der Waals surface area contributed by atoms with Gasteiger partial charge in [0.25, 0.3) is 0 Å². The van der Waals surface area contributed by atoms with E-state index in [1.54, 1.807) is 20.2 Å². The highest BCUT2D eigenvalue weighted by Crippen LogP contribution is 2.42. The summed E-state index contributed by atoms with van der Waals surface area (Å²) in [6.07, 6.45) is 5.46. The molecule has 1 saturated heterocycles. The average molecular weight is 774 g/mol. The van der Waals surface area contributed by atoms with E-state index in [4.69, 9.17) is 23.5 Å². The number of carbonyl (C=O) groups is 2. The lowest BCUT2D eigenvalue weighted by molar-refractivity contribution is -0.123.